The highest BCUT2D eigenvalue weighted by Gasteiger charge is 2.25. The molecule has 2 saturated heterocycles. The molecule has 2 fully saturated rings. The van der Waals surface area contributed by atoms with Crippen molar-refractivity contribution in [3.8, 4) is 0 Å². The lowest BCUT2D eigenvalue weighted by Crippen LogP contribution is -2.51. The number of anilines is 1. The summed E-state index contributed by atoms with van der Waals surface area (Å²) in [5.74, 6) is 0.686. The Morgan fingerprint density at radius 2 is 1.65 bits per heavy atom. The van der Waals surface area contributed by atoms with E-state index in [4.69, 9.17) is 11.6 Å². The number of likely N-dealkylation sites (tertiary alicyclic amines) is 1. The summed E-state index contributed by atoms with van der Waals surface area (Å²) in [6.07, 6.45) is 4.92. The van der Waals surface area contributed by atoms with E-state index in [0.717, 1.165) is 25.9 Å². The van der Waals surface area contributed by atoms with Gasteiger partial charge in [-0.05, 0) is 25.3 Å². The van der Waals surface area contributed by atoms with Gasteiger partial charge in [0, 0.05) is 59.6 Å². The molecule has 3 amide bonds. The van der Waals surface area contributed by atoms with Crippen LogP contribution in [-0.2, 0) is 0 Å². The molecule has 142 valence electrons. The molecule has 0 unspecified atom stereocenters. The van der Waals surface area contributed by atoms with E-state index in [0.29, 0.717) is 42.6 Å². The fourth-order valence-electron chi connectivity index (χ4n) is 3.45. The smallest absolute Gasteiger partial charge is 0.319 e. The number of amides is 3. The van der Waals surface area contributed by atoms with Gasteiger partial charge >= 0.3 is 6.03 Å². The van der Waals surface area contributed by atoms with Gasteiger partial charge in [0.1, 0.15) is 5.82 Å². The van der Waals surface area contributed by atoms with E-state index < -0.39 is 0 Å². The molecule has 7 nitrogen and oxygen atoms in total. The lowest BCUT2D eigenvalue weighted by Gasteiger charge is -2.36. The van der Waals surface area contributed by atoms with E-state index in [1.54, 1.807) is 31.3 Å². The van der Waals surface area contributed by atoms with Crippen molar-refractivity contribution in [1.29, 1.82) is 0 Å². The molecule has 0 N–H and O–H groups in total. The van der Waals surface area contributed by atoms with Crippen LogP contribution in [0.2, 0.25) is 5.02 Å². The van der Waals surface area contributed by atoms with Gasteiger partial charge in [0.15, 0.2) is 0 Å². The van der Waals surface area contributed by atoms with Gasteiger partial charge in [0.2, 0.25) is 0 Å². The molecule has 0 spiro atoms. The Labute approximate surface area is 159 Å². The van der Waals surface area contributed by atoms with Crippen LogP contribution in [0.15, 0.2) is 12.3 Å². The fourth-order valence-corrected chi connectivity index (χ4v) is 3.74. The van der Waals surface area contributed by atoms with E-state index in [1.807, 2.05) is 9.80 Å². The zero-order valence-corrected chi connectivity index (χ0v) is 16.2. The summed E-state index contributed by atoms with van der Waals surface area (Å²) < 4.78 is 0. The van der Waals surface area contributed by atoms with Crippen LogP contribution in [0.25, 0.3) is 0 Å². The van der Waals surface area contributed by atoms with Gasteiger partial charge in [-0.2, -0.15) is 0 Å². The number of nitrogens with zero attached hydrogens (tertiary/aromatic N) is 5. The molecule has 8 heteroatoms. The van der Waals surface area contributed by atoms with E-state index >= 15 is 0 Å². The van der Waals surface area contributed by atoms with Crippen LogP contribution in [0.3, 0.4) is 0 Å². The van der Waals surface area contributed by atoms with Gasteiger partial charge in [0.05, 0.1) is 10.6 Å². The first-order chi connectivity index (χ1) is 12.5. The molecule has 0 aromatic carbocycles. The number of piperazine rings is 1. The largest absolute Gasteiger partial charge is 0.352 e. The van der Waals surface area contributed by atoms with Crippen LogP contribution in [0.5, 0.6) is 0 Å². The van der Waals surface area contributed by atoms with Crippen molar-refractivity contribution < 1.29 is 9.59 Å². The summed E-state index contributed by atoms with van der Waals surface area (Å²) in [7, 11) is 3.51. The van der Waals surface area contributed by atoms with Crippen LogP contribution < -0.4 is 4.90 Å². The number of carbonyl (C=O) groups excluding carboxylic acids is 2. The number of carbonyl (C=O) groups is 2. The minimum absolute atomic E-state index is 0.00653. The molecule has 26 heavy (non-hydrogen) atoms. The molecule has 0 radical (unpaired) electrons. The maximum atomic E-state index is 12.6. The van der Waals surface area contributed by atoms with Crippen molar-refractivity contribution >= 4 is 29.4 Å². The van der Waals surface area contributed by atoms with Crippen molar-refractivity contribution in [3.05, 3.63) is 22.8 Å². The molecule has 0 atom stereocenters. The molecule has 1 aromatic heterocycles. The van der Waals surface area contributed by atoms with Crippen molar-refractivity contribution in [1.82, 2.24) is 19.7 Å². The van der Waals surface area contributed by atoms with Crippen molar-refractivity contribution in [3.63, 3.8) is 0 Å². The van der Waals surface area contributed by atoms with Crippen LogP contribution in [0.4, 0.5) is 10.6 Å². The molecular formula is C18H26ClN5O2. The van der Waals surface area contributed by atoms with Crippen LogP contribution in [0, 0.1) is 0 Å². The van der Waals surface area contributed by atoms with Gasteiger partial charge in [0.25, 0.3) is 5.91 Å². The molecule has 0 saturated carbocycles. The zero-order valence-electron chi connectivity index (χ0n) is 15.4. The minimum atomic E-state index is 0.00653. The fraction of sp³-hybridized carbons (Fsp3) is 0.611. The first-order valence-electron chi connectivity index (χ1n) is 9.13. The third-order valence-corrected chi connectivity index (χ3v) is 5.22. The summed E-state index contributed by atoms with van der Waals surface area (Å²) in [4.78, 5) is 36.4. The summed E-state index contributed by atoms with van der Waals surface area (Å²) in [6, 6.07) is 1.74. The Morgan fingerprint density at radius 3 is 2.23 bits per heavy atom. The first-order valence-corrected chi connectivity index (χ1v) is 9.51. The first kappa shape index (κ1) is 18.8. The average molecular weight is 380 g/mol. The lowest BCUT2D eigenvalue weighted by atomic mass is 10.1. The third-order valence-electron chi connectivity index (χ3n) is 4.94. The molecule has 2 aliphatic heterocycles. The normalized spacial score (nSPS) is 18.0. The zero-order chi connectivity index (χ0) is 18.7. The Bertz CT molecular complexity index is 668. The van der Waals surface area contributed by atoms with Gasteiger partial charge in [-0.3, -0.25) is 4.79 Å². The number of hydrogen-bond donors (Lipinski definition) is 0. The van der Waals surface area contributed by atoms with Crippen LogP contribution in [0.1, 0.15) is 29.6 Å². The Balaban J connectivity index is 1.65. The Hall–Kier alpha value is -2.02. The van der Waals surface area contributed by atoms with Crippen molar-refractivity contribution in [2.24, 2.45) is 0 Å². The van der Waals surface area contributed by atoms with E-state index in [-0.39, 0.29) is 11.9 Å². The van der Waals surface area contributed by atoms with Crippen molar-refractivity contribution in [2.75, 3.05) is 58.3 Å². The maximum Gasteiger partial charge on any atom is 0.319 e. The summed E-state index contributed by atoms with van der Waals surface area (Å²) in [6.45, 7) is 4.21. The van der Waals surface area contributed by atoms with E-state index in [9.17, 15) is 9.59 Å². The maximum absolute atomic E-state index is 12.6. The molecule has 0 bridgehead atoms. The average Bonchev–Trinajstić information content (AvgIpc) is 2.67. The van der Waals surface area contributed by atoms with Gasteiger partial charge in [-0.25, -0.2) is 9.78 Å². The molecule has 0 aliphatic carbocycles. The number of halogens is 1. The number of piperidine rings is 1. The molecular weight excluding hydrogens is 354 g/mol. The standard InChI is InChI=1S/C18H26ClN5O2/c1-21(2)18(26)24-10-8-22(9-11-24)16-15(19)12-14(13-20-16)17(25)23-6-4-3-5-7-23/h12-13H,3-11H2,1-2H3. The Morgan fingerprint density at radius 1 is 1.00 bits per heavy atom. The van der Waals surface area contributed by atoms with Crippen molar-refractivity contribution in [2.45, 2.75) is 19.3 Å². The molecule has 3 heterocycles. The predicted molar refractivity (Wildman–Crippen MR) is 102 cm³/mol. The second-order valence-corrected chi connectivity index (χ2v) is 7.44. The highest BCUT2D eigenvalue weighted by molar-refractivity contribution is 6.33. The number of pyridine rings is 1. The lowest BCUT2D eigenvalue weighted by molar-refractivity contribution is 0.0724. The number of aromatic nitrogens is 1. The van der Waals surface area contributed by atoms with Crippen LogP contribution >= 0.6 is 11.6 Å². The highest BCUT2D eigenvalue weighted by Crippen LogP contribution is 2.26. The SMILES string of the molecule is CN(C)C(=O)N1CCN(c2ncc(C(=O)N3CCCCC3)cc2Cl)CC1. The molecule has 3 rings (SSSR count). The highest BCUT2D eigenvalue weighted by atomic mass is 35.5. The number of rotatable bonds is 2. The monoisotopic (exact) mass is 379 g/mol. The summed E-state index contributed by atoms with van der Waals surface area (Å²) in [5.41, 5.74) is 0.544. The molecule has 1 aromatic rings. The molecule has 2 aliphatic rings. The Kier molecular flexibility index (Phi) is 5.86. The topological polar surface area (TPSA) is 60.0 Å². The minimum Gasteiger partial charge on any atom is -0.352 e. The van der Waals surface area contributed by atoms with E-state index in [2.05, 4.69) is 9.88 Å². The number of urea groups is 1. The predicted octanol–water partition coefficient (Wildman–Crippen LogP) is 2.16. The van der Waals surface area contributed by atoms with Gasteiger partial charge < -0.3 is 19.6 Å². The number of hydrogen-bond acceptors (Lipinski definition) is 4. The quantitative estimate of drug-likeness (QED) is 0.790. The second-order valence-electron chi connectivity index (χ2n) is 7.03. The summed E-state index contributed by atoms with van der Waals surface area (Å²) in [5, 5.41) is 0.486. The summed E-state index contributed by atoms with van der Waals surface area (Å²) >= 11 is 6.43. The van der Waals surface area contributed by atoms with Gasteiger partial charge in [-0.1, -0.05) is 11.6 Å². The van der Waals surface area contributed by atoms with Gasteiger partial charge in [-0.15, -0.1) is 0 Å². The third kappa shape index (κ3) is 4.03. The second kappa shape index (κ2) is 8.12. The van der Waals surface area contributed by atoms with E-state index in [1.165, 1.54) is 6.42 Å². The van der Waals surface area contributed by atoms with Crippen LogP contribution in [-0.4, -0.2) is 85.0 Å².